The van der Waals surface area contributed by atoms with Gasteiger partial charge in [-0.3, -0.25) is 14.5 Å². The van der Waals surface area contributed by atoms with Crippen LogP contribution in [-0.4, -0.2) is 67.5 Å². The number of benzene rings is 1. The van der Waals surface area contributed by atoms with Crippen molar-refractivity contribution < 1.29 is 23.5 Å². The molecule has 146 valence electrons. The molecular weight excluding hydrogens is 353 g/mol. The fourth-order valence-corrected chi connectivity index (χ4v) is 3.74. The van der Waals surface area contributed by atoms with Gasteiger partial charge >= 0.3 is 6.03 Å². The van der Waals surface area contributed by atoms with Crippen LogP contribution in [0.25, 0.3) is 0 Å². The Morgan fingerprint density at radius 3 is 2.59 bits per heavy atom. The number of nitrogens with one attached hydrogen (secondary N) is 1. The molecule has 0 aliphatic carbocycles. The molecule has 2 saturated heterocycles. The first-order valence-electron chi connectivity index (χ1n) is 8.99. The first-order chi connectivity index (χ1) is 12.8. The van der Waals surface area contributed by atoms with Gasteiger partial charge in [0, 0.05) is 39.3 Å². The average molecular weight is 377 g/mol. The van der Waals surface area contributed by atoms with Crippen LogP contribution in [-0.2, 0) is 19.7 Å². The highest BCUT2D eigenvalue weighted by atomic mass is 19.1. The summed E-state index contributed by atoms with van der Waals surface area (Å²) < 4.78 is 19.2. The number of urea groups is 1. The molecule has 1 atom stereocenters. The first kappa shape index (κ1) is 19.3. The lowest BCUT2D eigenvalue weighted by Gasteiger charge is -2.38. The third-order valence-corrected chi connectivity index (χ3v) is 5.56. The van der Waals surface area contributed by atoms with Gasteiger partial charge in [-0.1, -0.05) is 12.1 Å². The van der Waals surface area contributed by atoms with Gasteiger partial charge in [-0.15, -0.1) is 0 Å². The summed E-state index contributed by atoms with van der Waals surface area (Å²) in [6, 6.07) is 5.21. The number of hydrogen-bond donors (Lipinski definition) is 1. The molecule has 0 bridgehead atoms. The summed E-state index contributed by atoms with van der Waals surface area (Å²) in [4.78, 5) is 38.7. The Morgan fingerprint density at radius 2 is 2.00 bits per heavy atom. The number of likely N-dealkylation sites (N-methyl/N-ethyl adjacent to an activating group) is 2. The normalized spacial score (nSPS) is 22.3. The molecule has 2 heterocycles. The van der Waals surface area contributed by atoms with Crippen molar-refractivity contribution in [3.63, 3.8) is 0 Å². The van der Waals surface area contributed by atoms with E-state index >= 15 is 0 Å². The molecule has 0 spiro atoms. The second kappa shape index (κ2) is 7.64. The molecule has 2 aliphatic heterocycles. The van der Waals surface area contributed by atoms with E-state index in [4.69, 9.17) is 4.74 Å². The summed E-state index contributed by atoms with van der Waals surface area (Å²) in [5, 5.41) is 2.88. The van der Waals surface area contributed by atoms with Gasteiger partial charge in [0.05, 0.1) is 6.42 Å². The predicted octanol–water partition coefficient (Wildman–Crippen LogP) is 1.27. The number of hydrogen-bond acceptors (Lipinski definition) is 4. The zero-order valence-electron chi connectivity index (χ0n) is 15.5. The summed E-state index contributed by atoms with van der Waals surface area (Å²) in [5.74, 6) is -1.02. The first-order valence-corrected chi connectivity index (χ1v) is 8.99. The summed E-state index contributed by atoms with van der Waals surface area (Å²) in [5.41, 5.74) is 0.420. The molecule has 7 nitrogen and oxygen atoms in total. The maximum absolute atomic E-state index is 13.7. The highest BCUT2D eigenvalue weighted by molar-refractivity contribution is 6.05. The Hall–Kier alpha value is -2.48. The van der Waals surface area contributed by atoms with Gasteiger partial charge in [-0.05, 0) is 30.5 Å². The monoisotopic (exact) mass is 377 g/mol. The number of halogens is 1. The molecule has 4 amide bonds. The maximum Gasteiger partial charge on any atom is 0.326 e. The number of rotatable bonds is 5. The summed E-state index contributed by atoms with van der Waals surface area (Å²) in [6.45, 7) is 1.40. The van der Waals surface area contributed by atoms with Crippen molar-refractivity contribution in [1.82, 2.24) is 15.1 Å². The number of carbonyl (C=O) groups is 3. The number of ether oxygens (including phenoxy) is 1. The van der Waals surface area contributed by atoms with Gasteiger partial charge in [0.25, 0.3) is 5.91 Å². The van der Waals surface area contributed by atoms with E-state index in [2.05, 4.69) is 5.32 Å². The minimum Gasteiger partial charge on any atom is -0.381 e. The predicted molar refractivity (Wildman–Crippen MR) is 95.5 cm³/mol. The van der Waals surface area contributed by atoms with Crippen molar-refractivity contribution >= 4 is 17.8 Å². The Balaban J connectivity index is 1.68. The van der Waals surface area contributed by atoms with Gasteiger partial charge in [0.2, 0.25) is 5.91 Å². The SMILES string of the molecule is CN1C(=O)[C@@H](CC(=O)NCC2(c3cccc(F)c3)CCOCC2)N(C)C1=O. The summed E-state index contributed by atoms with van der Waals surface area (Å²) >= 11 is 0. The van der Waals surface area contributed by atoms with E-state index < -0.39 is 17.5 Å². The van der Waals surface area contributed by atoms with Crippen molar-refractivity contribution in [2.45, 2.75) is 30.7 Å². The van der Waals surface area contributed by atoms with Crippen LogP contribution in [0, 0.1) is 5.82 Å². The van der Waals surface area contributed by atoms with Crippen LogP contribution in [0.1, 0.15) is 24.8 Å². The summed E-state index contributed by atoms with van der Waals surface area (Å²) in [7, 11) is 2.91. The Morgan fingerprint density at radius 1 is 1.30 bits per heavy atom. The number of amides is 4. The van der Waals surface area contributed by atoms with Gasteiger partial charge in [0.1, 0.15) is 11.9 Å². The minimum absolute atomic E-state index is 0.0961. The molecule has 2 aliphatic rings. The lowest BCUT2D eigenvalue weighted by Crippen LogP contribution is -2.46. The lowest BCUT2D eigenvalue weighted by atomic mass is 9.74. The van der Waals surface area contributed by atoms with Crippen molar-refractivity contribution in [3.8, 4) is 0 Å². The molecular formula is C19H24FN3O4. The highest BCUT2D eigenvalue weighted by Gasteiger charge is 2.42. The van der Waals surface area contributed by atoms with Crippen molar-refractivity contribution in [1.29, 1.82) is 0 Å². The standard InChI is InChI=1S/C19H24FN3O4/c1-22-15(17(25)23(2)18(22)26)11-16(24)21-12-19(6-8-27-9-7-19)13-4-3-5-14(20)10-13/h3-5,10,15H,6-9,11-12H2,1-2H3,(H,21,24)/t15-/m1/s1. The molecule has 2 fully saturated rings. The second-order valence-electron chi connectivity index (χ2n) is 7.19. The van der Waals surface area contributed by atoms with Crippen LogP contribution < -0.4 is 5.32 Å². The molecule has 0 aromatic heterocycles. The molecule has 1 N–H and O–H groups in total. The second-order valence-corrected chi connectivity index (χ2v) is 7.19. The average Bonchev–Trinajstić information content (AvgIpc) is 2.85. The van der Waals surface area contributed by atoms with E-state index in [1.54, 1.807) is 6.07 Å². The van der Waals surface area contributed by atoms with Gasteiger partial charge in [-0.2, -0.15) is 0 Å². The van der Waals surface area contributed by atoms with E-state index in [0.29, 0.717) is 32.6 Å². The van der Waals surface area contributed by atoms with Crippen LogP contribution in [0.5, 0.6) is 0 Å². The van der Waals surface area contributed by atoms with E-state index in [0.717, 1.165) is 10.5 Å². The third kappa shape index (κ3) is 3.80. The maximum atomic E-state index is 13.7. The largest absolute Gasteiger partial charge is 0.381 e. The van der Waals surface area contributed by atoms with Crippen LogP contribution in [0.3, 0.4) is 0 Å². The summed E-state index contributed by atoms with van der Waals surface area (Å²) in [6.07, 6.45) is 1.24. The zero-order valence-corrected chi connectivity index (χ0v) is 15.5. The van der Waals surface area contributed by atoms with Gasteiger partial charge in [-0.25, -0.2) is 9.18 Å². The smallest absolute Gasteiger partial charge is 0.326 e. The lowest BCUT2D eigenvalue weighted by molar-refractivity contribution is -0.131. The Bertz CT molecular complexity index is 748. The minimum atomic E-state index is -0.790. The molecule has 0 saturated carbocycles. The van der Waals surface area contributed by atoms with Gasteiger partial charge < -0.3 is 15.0 Å². The zero-order chi connectivity index (χ0) is 19.6. The molecule has 1 aromatic rings. The number of nitrogens with zero attached hydrogens (tertiary/aromatic N) is 2. The van der Waals surface area contributed by atoms with E-state index in [-0.39, 0.29) is 24.1 Å². The van der Waals surface area contributed by atoms with Crippen molar-refractivity contribution in [2.75, 3.05) is 33.9 Å². The fraction of sp³-hybridized carbons (Fsp3) is 0.526. The molecule has 27 heavy (non-hydrogen) atoms. The molecule has 0 radical (unpaired) electrons. The molecule has 1 aromatic carbocycles. The van der Waals surface area contributed by atoms with Crippen molar-refractivity contribution in [2.24, 2.45) is 0 Å². The topological polar surface area (TPSA) is 79.0 Å². The van der Waals surface area contributed by atoms with Crippen LogP contribution >= 0.6 is 0 Å². The number of carbonyl (C=O) groups excluding carboxylic acids is 3. The fourth-order valence-electron chi connectivity index (χ4n) is 3.74. The van der Waals surface area contributed by atoms with E-state index in [1.807, 2.05) is 6.07 Å². The molecule has 8 heteroatoms. The van der Waals surface area contributed by atoms with Crippen LogP contribution in [0.2, 0.25) is 0 Å². The number of imide groups is 1. The van der Waals surface area contributed by atoms with E-state index in [1.165, 1.54) is 31.1 Å². The Labute approximate surface area is 157 Å². The van der Waals surface area contributed by atoms with Gasteiger partial charge in [0.15, 0.2) is 0 Å². The van der Waals surface area contributed by atoms with Crippen molar-refractivity contribution in [3.05, 3.63) is 35.6 Å². The third-order valence-electron chi connectivity index (χ3n) is 5.56. The van der Waals surface area contributed by atoms with Crippen LogP contribution in [0.15, 0.2) is 24.3 Å². The Kier molecular flexibility index (Phi) is 5.46. The van der Waals surface area contributed by atoms with Crippen LogP contribution in [0.4, 0.5) is 9.18 Å². The molecule has 0 unspecified atom stereocenters. The van der Waals surface area contributed by atoms with E-state index in [9.17, 15) is 18.8 Å². The quantitative estimate of drug-likeness (QED) is 0.784. The molecule has 3 rings (SSSR count). The highest BCUT2D eigenvalue weighted by Crippen LogP contribution is 2.34.